The molecule has 1 aromatic rings. The predicted octanol–water partition coefficient (Wildman–Crippen LogP) is 0.186. The van der Waals surface area contributed by atoms with Gasteiger partial charge in [-0.2, -0.15) is 0 Å². The second-order valence-electron chi connectivity index (χ2n) is 4.87. The van der Waals surface area contributed by atoms with Crippen LogP contribution in [0.25, 0.3) is 0 Å². The maximum Gasteiger partial charge on any atom is 0.258 e. The Morgan fingerprint density at radius 3 is 2.74 bits per heavy atom. The second kappa shape index (κ2) is 5.44. The number of rotatable bonds is 4. The van der Waals surface area contributed by atoms with Gasteiger partial charge in [0.2, 0.25) is 5.91 Å². The van der Waals surface area contributed by atoms with E-state index >= 15 is 0 Å². The molecule has 6 heteroatoms. The number of carbonyl (C=O) groups excluding carboxylic acids is 2. The fraction of sp³-hybridized carbons (Fsp3) is 0.538. The summed E-state index contributed by atoms with van der Waals surface area (Å²) in [6.07, 6.45) is 0.828. The van der Waals surface area contributed by atoms with Gasteiger partial charge in [-0.1, -0.05) is 0 Å². The molecular weight excluding hydrogens is 246 g/mol. The van der Waals surface area contributed by atoms with E-state index in [4.69, 9.17) is 10.2 Å². The molecule has 0 aromatic carbocycles. The molecule has 6 nitrogen and oxygen atoms in total. The van der Waals surface area contributed by atoms with Crippen LogP contribution in [0.15, 0.2) is 10.5 Å². The van der Waals surface area contributed by atoms with E-state index in [0.717, 1.165) is 13.0 Å². The SMILES string of the molecule is Cc1cc(C(=O)N(CC(N)=O)C2CCNC2)c(C)o1. The first-order valence-electron chi connectivity index (χ1n) is 6.36. The Morgan fingerprint density at radius 2 is 2.26 bits per heavy atom. The number of aryl methyl sites for hydroxylation is 2. The van der Waals surface area contributed by atoms with Crippen molar-refractivity contribution in [3.8, 4) is 0 Å². The molecule has 1 fully saturated rings. The minimum atomic E-state index is -0.502. The Bertz CT molecular complexity index is 489. The Kier molecular flexibility index (Phi) is 3.90. The summed E-state index contributed by atoms with van der Waals surface area (Å²) in [6.45, 7) is 5.01. The van der Waals surface area contributed by atoms with Crippen molar-refractivity contribution in [2.24, 2.45) is 5.73 Å². The number of primary amides is 1. The first kappa shape index (κ1) is 13.6. The van der Waals surface area contributed by atoms with Crippen LogP contribution in [-0.2, 0) is 4.79 Å². The molecule has 1 atom stereocenters. The number of nitrogens with one attached hydrogen (secondary N) is 1. The van der Waals surface area contributed by atoms with Crippen molar-refractivity contribution < 1.29 is 14.0 Å². The molecule has 1 saturated heterocycles. The smallest absolute Gasteiger partial charge is 0.258 e. The van der Waals surface area contributed by atoms with Crippen molar-refractivity contribution in [1.82, 2.24) is 10.2 Å². The molecule has 3 N–H and O–H groups in total. The van der Waals surface area contributed by atoms with Crippen LogP contribution in [0.5, 0.6) is 0 Å². The number of amides is 2. The van der Waals surface area contributed by atoms with Gasteiger partial charge in [0.1, 0.15) is 11.5 Å². The first-order chi connectivity index (χ1) is 8.99. The van der Waals surface area contributed by atoms with Crippen LogP contribution < -0.4 is 11.1 Å². The summed E-state index contributed by atoms with van der Waals surface area (Å²) < 4.78 is 5.37. The van der Waals surface area contributed by atoms with Gasteiger partial charge >= 0.3 is 0 Å². The van der Waals surface area contributed by atoms with Gasteiger partial charge in [0.05, 0.1) is 12.1 Å². The Balaban J connectivity index is 2.24. The van der Waals surface area contributed by atoms with Crippen LogP contribution in [-0.4, -0.2) is 42.4 Å². The summed E-state index contributed by atoms with van der Waals surface area (Å²) in [5, 5.41) is 3.18. The third-order valence-electron chi connectivity index (χ3n) is 3.33. The third kappa shape index (κ3) is 2.96. The summed E-state index contributed by atoms with van der Waals surface area (Å²) >= 11 is 0. The lowest BCUT2D eigenvalue weighted by molar-refractivity contribution is -0.119. The number of carbonyl (C=O) groups is 2. The molecule has 2 rings (SSSR count). The zero-order valence-corrected chi connectivity index (χ0v) is 11.2. The zero-order chi connectivity index (χ0) is 14.0. The minimum Gasteiger partial charge on any atom is -0.466 e. The quantitative estimate of drug-likeness (QED) is 0.813. The van der Waals surface area contributed by atoms with Crippen LogP contribution in [0.3, 0.4) is 0 Å². The average Bonchev–Trinajstić information content (AvgIpc) is 2.94. The number of hydrogen-bond donors (Lipinski definition) is 2. The molecule has 0 spiro atoms. The maximum absolute atomic E-state index is 12.5. The summed E-state index contributed by atoms with van der Waals surface area (Å²) in [6, 6.07) is 1.71. The molecule has 1 aliphatic heterocycles. The first-order valence-corrected chi connectivity index (χ1v) is 6.36. The molecule has 0 aliphatic carbocycles. The minimum absolute atomic E-state index is 0.00889. The van der Waals surface area contributed by atoms with Crippen molar-refractivity contribution in [2.75, 3.05) is 19.6 Å². The van der Waals surface area contributed by atoms with Gasteiger partial charge in [-0.05, 0) is 32.9 Å². The highest BCUT2D eigenvalue weighted by atomic mass is 16.3. The highest BCUT2D eigenvalue weighted by molar-refractivity contribution is 5.97. The fourth-order valence-electron chi connectivity index (χ4n) is 2.44. The molecule has 2 heterocycles. The molecule has 104 valence electrons. The number of furan rings is 1. The van der Waals surface area contributed by atoms with Gasteiger partial charge in [0.15, 0.2) is 0 Å². The number of hydrogen-bond acceptors (Lipinski definition) is 4. The van der Waals surface area contributed by atoms with Gasteiger partial charge in [-0.15, -0.1) is 0 Å². The molecule has 1 unspecified atom stereocenters. The van der Waals surface area contributed by atoms with Crippen LogP contribution in [0, 0.1) is 13.8 Å². The Morgan fingerprint density at radius 1 is 1.53 bits per heavy atom. The highest BCUT2D eigenvalue weighted by Gasteiger charge is 2.30. The lowest BCUT2D eigenvalue weighted by Gasteiger charge is -2.27. The highest BCUT2D eigenvalue weighted by Crippen LogP contribution is 2.19. The van der Waals surface area contributed by atoms with Crippen LogP contribution in [0.4, 0.5) is 0 Å². The topological polar surface area (TPSA) is 88.6 Å². The summed E-state index contributed by atoms with van der Waals surface area (Å²) in [7, 11) is 0. The molecular formula is C13H19N3O3. The van der Waals surface area contributed by atoms with Gasteiger partial charge in [-0.3, -0.25) is 9.59 Å². The van der Waals surface area contributed by atoms with E-state index in [2.05, 4.69) is 5.32 Å². The van der Waals surface area contributed by atoms with E-state index in [1.165, 1.54) is 0 Å². The van der Waals surface area contributed by atoms with Crippen molar-refractivity contribution in [2.45, 2.75) is 26.3 Å². The molecule has 1 aromatic heterocycles. The summed E-state index contributed by atoms with van der Waals surface area (Å²) in [5.74, 6) is 0.562. The third-order valence-corrected chi connectivity index (χ3v) is 3.33. The monoisotopic (exact) mass is 265 g/mol. The van der Waals surface area contributed by atoms with Crippen LogP contribution >= 0.6 is 0 Å². The second-order valence-corrected chi connectivity index (χ2v) is 4.87. The van der Waals surface area contributed by atoms with Crippen molar-refractivity contribution in [1.29, 1.82) is 0 Å². The maximum atomic E-state index is 12.5. The lowest BCUT2D eigenvalue weighted by Crippen LogP contribution is -2.46. The van der Waals surface area contributed by atoms with Gasteiger partial charge < -0.3 is 20.4 Å². The van der Waals surface area contributed by atoms with Crippen LogP contribution in [0.1, 0.15) is 28.3 Å². The molecule has 0 bridgehead atoms. The van der Waals surface area contributed by atoms with E-state index < -0.39 is 5.91 Å². The van der Waals surface area contributed by atoms with E-state index in [0.29, 0.717) is 23.6 Å². The Hall–Kier alpha value is -1.82. The summed E-state index contributed by atoms with van der Waals surface area (Å²) in [4.78, 5) is 25.3. The van der Waals surface area contributed by atoms with Gasteiger partial charge in [0.25, 0.3) is 5.91 Å². The predicted molar refractivity (Wildman–Crippen MR) is 69.7 cm³/mol. The van der Waals surface area contributed by atoms with Crippen molar-refractivity contribution in [3.63, 3.8) is 0 Å². The van der Waals surface area contributed by atoms with Crippen LogP contribution in [0.2, 0.25) is 0 Å². The fourth-order valence-corrected chi connectivity index (χ4v) is 2.44. The number of nitrogens with two attached hydrogens (primary N) is 1. The van der Waals surface area contributed by atoms with E-state index in [9.17, 15) is 9.59 Å². The van der Waals surface area contributed by atoms with Gasteiger partial charge in [0, 0.05) is 12.6 Å². The van der Waals surface area contributed by atoms with E-state index in [1.54, 1.807) is 24.8 Å². The average molecular weight is 265 g/mol. The molecule has 0 saturated carbocycles. The molecule has 2 amide bonds. The molecule has 19 heavy (non-hydrogen) atoms. The molecule has 1 aliphatic rings. The Labute approximate surface area is 111 Å². The van der Waals surface area contributed by atoms with E-state index in [1.807, 2.05) is 0 Å². The largest absolute Gasteiger partial charge is 0.466 e. The molecule has 0 radical (unpaired) electrons. The van der Waals surface area contributed by atoms with Gasteiger partial charge in [-0.25, -0.2) is 0 Å². The van der Waals surface area contributed by atoms with Crippen molar-refractivity contribution >= 4 is 11.8 Å². The standard InChI is InChI=1S/C13H19N3O3/c1-8-5-11(9(2)19-8)13(18)16(7-12(14)17)10-3-4-15-6-10/h5,10,15H,3-4,6-7H2,1-2H3,(H2,14,17). The zero-order valence-electron chi connectivity index (χ0n) is 11.2. The normalized spacial score (nSPS) is 18.5. The van der Waals surface area contributed by atoms with Crippen molar-refractivity contribution in [3.05, 3.63) is 23.2 Å². The number of nitrogens with zero attached hydrogens (tertiary/aromatic N) is 1. The lowest BCUT2D eigenvalue weighted by atomic mass is 10.1. The summed E-state index contributed by atoms with van der Waals surface area (Å²) in [5.41, 5.74) is 5.75. The van der Waals surface area contributed by atoms with E-state index in [-0.39, 0.29) is 18.5 Å².